The lowest BCUT2D eigenvalue weighted by atomic mass is 10.1. The maximum absolute atomic E-state index is 12.9. The smallest absolute Gasteiger partial charge is 0.256 e. The Bertz CT molecular complexity index is 872. The minimum atomic E-state index is -0.287. The van der Waals surface area contributed by atoms with Gasteiger partial charge in [0.2, 0.25) is 0 Å². The minimum absolute atomic E-state index is 0.0235. The molecule has 1 aliphatic heterocycles. The van der Waals surface area contributed by atoms with E-state index < -0.39 is 0 Å². The van der Waals surface area contributed by atoms with E-state index in [0.717, 1.165) is 23.2 Å². The Kier molecular flexibility index (Phi) is 6.23. The van der Waals surface area contributed by atoms with Gasteiger partial charge in [-0.3, -0.25) is 9.59 Å². The first kappa shape index (κ1) is 20.9. The van der Waals surface area contributed by atoms with Gasteiger partial charge in [-0.25, -0.2) is 0 Å². The number of nitrogens with zero attached hydrogens (tertiary/aromatic N) is 1. The number of nitrogens with one attached hydrogen (secondary N) is 2. The summed E-state index contributed by atoms with van der Waals surface area (Å²) in [6, 6.07) is 15.0. The molecule has 2 aromatic rings. The maximum Gasteiger partial charge on any atom is 0.256 e. The number of rotatable bonds is 7. The third kappa shape index (κ3) is 4.95. The standard InChI is InChI=1S/C23H29N3O3/c1-23(2,3)25-21(27)16-10-12-17(13-11-16)24-20-18-8-5-6-9-19(18)22(28)26(20)14-7-15-29-4/h5-6,8-13,20,24H,7,14-15H2,1-4H3,(H,25,27). The van der Waals surface area contributed by atoms with Crippen LogP contribution in [0, 0.1) is 0 Å². The SMILES string of the molecule is COCCCN1C(=O)c2ccccc2C1Nc1ccc(C(=O)NC(C)(C)C)cc1. The van der Waals surface area contributed by atoms with E-state index >= 15 is 0 Å². The number of methoxy groups -OCH3 is 1. The van der Waals surface area contributed by atoms with Crippen LogP contribution in [-0.4, -0.2) is 42.5 Å². The van der Waals surface area contributed by atoms with Crippen molar-refractivity contribution in [1.29, 1.82) is 0 Å². The molecule has 2 N–H and O–H groups in total. The zero-order valence-electron chi connectivity index (χ0n) is 17.5. The van der Waals surface area contributed by atoms with E-state index in [1.54, 1.807) is 19.2 Å². The molecule has 0 saturated heterocycles. The normalized spacial score (nSPS) is 15.9. The van der Waals surface area contributed by atoms with E-state index in [1.807, 2.05) is 62.1 Å². The van der Waals surface area contributed by atoms with Crippen molar-refractivity contribution in [2.75, 3.05) is 25.6 Å². The molecule has 0 fully saturated rings. The monoisotopic (exact) mass is 395 g/mol. The average molecular weight is 396 g/mol. The van der Waals surface area contributed by atoms with Crippen molar-refractivity contribution in [2.45, 2.75) is 38.9 Å². The van der Waals surface area contributed by atoms with Gasteiger partial charge in [0.05, 0.1) is 0 Å². The molecule has 1 atom stereocenters. The first-order valence-corrected chi connectivity index (χ1v) is 9.88. The van der Waals surface area contributed by atoms with E-state index in [0.29, 0.717) is 18.7 Å². The number of carbonyl (C=O) groups is 2. The highest BCUT2D eigenvalue weighted by atomic mass is 16.5. The fraction of sp³-hybridized carbons (Fsp3) is 0.391. The Hall–Kier alpha value is -2.86. The molecule has 0 aromatic heterocycles. The Morgan fingerprint density at radius 3 is 2.45 bits per heavy atom. The molecule has 2 aromatic carbocycles. The fourth-order valence-electron chi connectivity index (χ4n) is 3.42. The summed E-state index contributed by atoms with van der Waals surface area (Å²) >= 11 is 0. The average Bonchev–Trinajstić information content (AvgIpc) is 2.93. The molecule has 6 heteroatoms. The van der Waals surface area contributed by atoms with Crippen LogP contribution in [0.4, 0.5) is 5.69 Å². The van der Waals surface area contributed by atoms with Crippen LogP contribution in [0.15, 0.2) is 48.5 Å². The second-order valence-corrected chi connectivity index (χ2v) is 8.26. The van der Waals surface area contributed by atoms with E-state index in [-0.39, 0.29) is 23.5 Å². The molecule has 154 valence electrons. The Balaban J connectivity index is 1.77. The molecule has 0 aliphatic carbocycles. The number of fused-ring (bicyclic) bond motifs is 1. The highest BCUT2D eigenvalue weighted by molar-refractivity contribution is 5.99. The summed E-state index contributed by atoms with van der Waals surface area (Å²) in [5, 5.41) is 6.41. The predicted molar refractivity (Wildman–Crippen MR) is 114 cm³/mol. The zero-order valence-corrected chi connectivity index (χ0v) is 17.5. The number of anilines is 1. The van der Waals surface area contributed by atoms with Crippen molar-refractivity contribution in [1.82, 2.24) is 10.2 Å². The Morgan fingerprint density at radius 2 is 1.79 bits per heavy atom. The van der Waals surface area contributed by atoms with E-state index in [4.69, 9.17) is 4.74 Å². The topological polar surface area (TPSA) is 70.7 Å². The fourth-order valence-corrected chi connectivity index (χ4v) is 3.42. The molecule has 0 radical (unpaired) electrons. The second kappa shape index (κ2) is 8.66. The van der Waals surface area contributed by atoms with Crippen LogP contribution < -0.4 is 10.6 Å². The van der Waals surface area contributed by atoms with Crippen LogP contribution in [0.3, 0.4) is 0 Å². The highest BCUT2D eigenvalue weighted by Crippen LogP contribution is 2.34. The molecule has 29 heavy (non-hydrogen) atoms. The van der Waals surface area contributed by atoms with Crippen LogP contribution in [0.2, 0.25) is 0 Å². The summed E-state index contributed by atoms with van der Waals surface area (Å²) < 4.78 is 5.14. The van der Waals surface area contributed by atoms with Crippen molar-refractivity contribution in [3.63, 3.8) is 0 Å². The van der Waals surface area contributed by atoms with Crippen molar-refractivity contribution < 1.29 is 14.3 Å². The molecule has 6 nitrogen and oxygen atoms in total. The van der Waals surface area contributed by atoms with Gasteiger partial charge in [-0.05, 0) is 57.5 Å². The molecule has 0 spiro atoms. The van der Waals surface area contributed by atoms with E-state index in [2.05, 4.69) is 10.6 Å². The second-order valence-electron chi connectivity index (χ2n) is 8.26. The number of hydrogen-bond acceptors (Lipinski definition) is 4. The lowest BCUT2D eigenvalue weighted by Gasteiger charge is -2.27. The summed E-state index contributed by atoms with van der Waals surface area (Å²) in [4.78, 5) is 27.0. The van der Waals surface area contributed by atoms with Gasteiger partial charge < -0.3 is 20.3 Å². The summed E-state index contributed by atoms with van der Waals surface area (Å²) in [5.41, 5.74) is 2.85. The van der Waals surface area contributed by atoms with Crippen LogP contribution >= 0.6 is 0 Å². The molecule has 0 bridgehead atoms. The number of ether oxygens (including phenoxy) is 1. The molecular formula is C23H29N3O3. The Morgan fingerprint density at radius 1 is 1.10 bits per heavy atom. The van der Waals surface area contributed by atoms with Crippen molar-refractivity contribution in [3.05, 3.63) is 65.2 Å². The van der Waals surface area contributed by atoms with Crippen molar-refractivity contribution >= 4 is 17.5 Å². The number of benzene rings is 2. The Labute approximate surface area is 172 Å². The van der Waals surface area contributed by atoms with Gasteiger partial charge in [0, 0.05) is 48.2 Å². The molecule has 0 saturated carbocycles. The van der Waals surface area contributed by atoms with Gasteiger partial charge in [0.15, 0.2) is 0 Å². The van der Waals surface area contributed by atoms with Crippen LogP contribution in [0.1, 0.15) is 59.6 Å². The summed E-state index contributed by atoms with van der Waals surface area (Å²) in [6.07, 6.45) is 0.519. The predicted octanol–water partition coefficient (Wildman–Crippen LogP) is 3.82. The minimum Gasteiger partial charge on any atom is -0.385 e. The molecule has 1 aliphatic rings. The van der Waals surface area contributed by atoms with Crippen LogP contribution in [0.25, 0.3) is 0 Å². The molecule has 2 amide bonds. The maximum atomic E-state index is 12.9. The van der Waals surface area contributed by atoms with Crippen LogP contribution in [0.5, 0.6) is 0 Å². The first-order valence-electron chi connectivity index (χ1n) is 9.88. The number of hydrogen-bond donors (Lipinski definition) is 2. The molecule has 1 unspecified atom stereocenters. The van der Waals surface area contributed by atoms with Gasteiger partial charge in [-0.2, -0.15) is 0 Å². The molecule has 1 heterocycles. The van der Waals surface area contributed by atoms with Gasteiger partial charge in [-0.15, -0.1) is 0 Å². The van der Waals surface area contributed by atoms with Gasteiger partial charge in [-0.1, -0.05) is 18.2 Å². The lowest BCUT2D eigenvalue weighted by Crippen LogP contribution is -2.40. The van der Waals surface area contributed by atoms with Gasteiger partial charge >= 0.3 is 0 Å². The highest BCUT2D eigenvalue weighted by Gasteiger charge is 2.36. The summed E-state index contributed by atoms with van der Waals surface area (Å²) in [7, 11) is 1.66. The van der Waals surface area contributed by atoms with E-state index in [1.165, 1.54) is 0 Å². The third-order valence-electron chi connectivity index (χ3n) is 4.74. The number of carbonyl (C=O) groups excluding carboxylic acids is 2. The van der Waals surface area contributed by atoms with Crippen molar-refractivity contribution in [2.24, 2.45) is 0 Å². The lowest BCUT2D eigenvalue weighted by molar-refractivity contribution is 0.0721. The largest absolute Gasteiger partial charge is 0.385 e. The van der Waals surface area contributed by atoms with Gasteiger partial charge in [0.25, 0.3) is 11.8 Å². The molecular weight excluding hydrogens is 366 g/mol. The summed E-state index contributed by atoms with van der Waals surface area (Å²) in [6.45, 7) is 7.06. The van der Waals surface area contributed by atoms with Crippen LogP contribution in [-0.2, 0) is 4.74 Å². The quantitative estimate of drug-likeness (QED) is 0.699. The summed E-state index contributed by atoms with van der Waals surface area (Å²) in [5.74, 6) is -0.0815. The van der Waals surface area contributed by atoms with Crippen molar-refractivity contribution in [3.8, 4) is 0 Å². The third-order valence-corrected chi connectivity index (χ3v) is 4.74. The molecule has 3 rings (SSSR count). The first-order chi connectivity index (χ1) is 13.8. The zero-order chi connectivity index (χ0) is 21.0. The van der Waals surface area contributed by atoms with E-state index in [9.17, 15) is 9.59 Å². The number of amides is 2. The van der Waals surface area contributed by atoms with Gasteiger partial charge in [0.1, 0.15) is 6.17 Å².